The van der Waals surface area contributed by atoms with Gasteiger partial charge in [-0.25, -0.2) is 13.6 Å². The van der Waals surface area contributed by atoms with Crippen molar-refractivity contribution in [2.45, 2.75) is 6.04 Å². The molecule has 0 radical (unpaired) electrons. The summed E-state index contributed by atoms with van der Waals surface area (Å²) in [7, 11) is -7.05. The molecule has 0 amide bonds. The highest BCUT2D eigenvalue weighted by molar-refractivity contribution is 7.94. The smallest absolute Gasteiger partial charge is 0.224 e. The van der Waals surface area contributed by atoms with Gasteiger partial charge in [-0.3, -0.25) is 0 Å². The molecule has 1 atom stereocenters. The fourth-order valence-electron chi connectivity index (χ4n) is 0.860. The van der Waals surface area contributed by atoms with Crippen molar-refractivity contribution >= 4 is 20.0 Å². The third-order valence-electron chi connectivity index (χ3n) is 1.25. The average molecular weight is 212 g/mol. The number of nitrogens with two attached hydrogens (primary N) is 1. The van der Waals surface area contributed by atoms with E-state index in [0.717, 1.165) is 5.41 Å². The molecule has 8 heteroatoms. The Kier molecular flexibility index (Phi) is 2.25. The Morgan fingerprint density at radius 3 is 2.42 bits per heavy atom. The molecule has 0 bridgehead atoms. The van der Waals surface area contributed by atoms with Crippen LogP contribution in [0.25, 0.3) is 0 Å². The van der Waals surface area contributed by atoms with E-state index in [4.69, 9.17) is 0 Å². The van der Waals surface area contributed by atoms with E-state index >= 15 is 0 Å². The largest absolute Gasteiger partial charge is 0.274 e. The van der Waals surface area contributed by atoms with E-state index in [-0.39, 0.29) is 5.75 Å². The summed E-state index contributed by atoms with van der Waals surface area (Å²) in [6.07, 6.45) is 1.25. The molecule has 0 fully saturated rings. The van der Waals surface area contributed by atoms with Crippen molar-refractivity contribution in [1.82, 2.24) is 4.72 Å². The minimum Gasteiger partial charge on any atom is -0.224 e. The number of nitrogens with one attached hydrogen (secondary N) is 1. The van der Waals surface area contributed by atoms with Gasteiger partial charge in [0, 0.05) is 5.41 Å². The van der Waals surface area contributed by atoms with Crippen LogP contribution < -0.4 is 9.86 Å². The molecule has 0 saturated heterocycles. The van der Waals surface area contributed by atoms with E-state index in [1.807, 2.05) is 4.72 Å². The van der Waals surface area contributed by atoms with E-state index in [1.165, 1.54) is 6.08 Å². The lowest BCUT2D eigenvalue weighted by Crippen LogP contribution is -2.39. The first-order valence-corrected chi connectivity index (χ1v) is 6.26. The summed E-state index contributed by atoms with van der Waals surface area (Å²) in [6, 6.07) is -0.731. The average Bonchev–Trinajstić information content (AvgIpc) is 2.05. The van der Waals surface area contributed by atoms with Crippen molar-refractivity contribution in [3.05, 3.63) is 11.5 Å². The van der Waals surface area contributed by atoms with Gasteiger partial charge in [0.15, 0.2) is 9.84 Å². The summed E-state index contributed by atoms with van der Waals surface area (Å²) in [5, 5.41) is 5.60. The third kappa shape index (κ3) is 2.89. The van der Waals surface area contributed by atoms with Crippen LogP contribution in [-0.4, -0.2) is 28.6 Å². The Balaban J connectivity index is 2.69. The molecule has 0 aromatic heterocycles. The first-order chi connectivity index (χ1) is 5.29. The number of hydrogen-bond donors (Lipinski definition) is 2. The van der Waals surface area contributed by atoms with E-state index < -0.39 is 26.1 Å². The maximum atomic E-state index is 10.8. The van der Waals surface area contributed by atoms with E-state index in [0.29, 0.717) is 0 Å². The minimum atomic E-state index is -3.82. The molecular formula is C4H8N2O4S2. The first-order valence-electron chi connectivity index (χ1n) is 2.99. The SMILES string of the molecule is NS(=O)(=O)NC1C=CS(=O)(=O)C1. The van der Waals surface area contributed by atoms with Crippen molar-refractivity contribution in [2.75, 3.05) is 5.75 Å². The van der Waals surface area contributed by atoms with Crippen LogP contribution in [0.15, 0.2) is 11.5 Å². The summed E-state index contributed by atoms with van der Waals surface area (Å²) < 4.78 is 44.4. The minimum absolute atomic E-state index is 0.260. The zero-order chi connectivity index (χ0) is 9.41. The van der Waals surface area contributed by atoms with Gasteiger partial charge in [0.25, 0.3) is 10.2 Å². The molecule has 70 valence electrons. The molecule has 0 aromatic carbocycles. The molecule has 0 aliphatic carbocycles. The lowest BCUT2D eigenvalue weighted by atomic mass is 10.4. The van der Waals surface area contributed by atoms with E-state index in [9.17, 15) is 16.8 Å². The molecule has 12 heavy (non-hydrogen) atoms. The third-order valence-corrected chi connectivity index (χ3v) is 3.27. The molecule has 1 unspecified atom stereocenters. The van der Waals surface area contributed by atoms with E-state index in [2.05, 4.69) is 5.14 Å². The summed E-state index contributed by atoms with van der Waals surface area (Å²) in [6.45, 7) is 0. The lowest BCUT2D eigenvalue weighted by Gasteiger charge is -2.05. The second-order valence-corrected chi connectivity index (χ2v) is 5.68. The molecule has 1 heterocycles. The van der Waals surface area contributed by atoms with E-state index in [1.54, 1.807) is 0 Å². The predicted octanol–water partition coefficient (Wildman–Crippen LogP) is -1.91. The van der Waals surface area contributed by atoms with Crippen LogP contribution in [0.5, 0.6) is 0 Å². The fraction of sp³-hybridized carbons (Fsp3) is 0.500. The molecule has 0 aromatic rings. The Morgan fingerprint density at radius 2 is 2.08 bits per heavy atom. The summed E-state index contributed by atoms with van der Waals surface area (Å²) in [4.78, 5) is 0. The van der Waals surface area contributed by atoms with Crippen LogP contribution in [0.3, 0.4) is 0 Å². The second kappa shape index (κ2) is 2.80. The Morgan fingerprint density at radius 1 is 1.50 bits per heavy atom. The predicted molar refractivity (Wildman–Crippen MR) is 43.0 cm³/mol. The zero-order valence-corrected chi connectivity index (χ0v) is 7.60. The maximum absolute atomic E-state index is 10.8. The van der Waals surface area contributed by atoms with Gasteiger partial charge >= 0.3 is 0 Å². The van der Waals surface area contributed by atoms with Gasteiger partial charge in [0.1, 0.15) is 0 Å². The zero-order valence-electron chi connectivity index (χ0n) is 5.97. The second-order valence-electron chi connectivity index (χ2n) is 2.43. The summed E-state index contributed by atoms with van der Waals surface area (Å²) in [5.41, 5.74) is 0. The van der Waals surface area contributed by atoms with Crippen molar-refractivity contribution in [3.8, 4) is 0 Å². The highest BCUT2D eigenvalue weighted by atomic mass is 32.2. The summed E-state index contributed by atoms with van der Waals surface area (Å²) >= 11 is 0. The topological polar surface area (TPSA) is 106 Å². The lowest BCUT2D eigenvalue weighted by molar-refractivity contribution is 0.576. The molecule has 0 saturated carbocycles. The molecular weight excluding hydrogens is 204 g/mol. The van der Waals surface area contributed by atoms with Crippen LogP contribution in [-0.2, 0) is 20.0 Å². The molecule has 1 aliphatic rings. The Labute approximate surface area is 70.5 Å². The van der Waals surface area contributed by atoms with Gasteiger partial charge < -0.3 is 0 Å². The maximum Gasteiger partial charge on any atom is 0.274 e. The van der Waals surface area contributed by atoms with Crippen LogP contribution in [0.2, 0.25) is 0 Å². The highest BCUT2D eigenvalue weighted by Gasteiger charge is 2.23. The quantitative estimate of drug-likeness (QED) is 0.557. The number of hydrogen-bond acceptors (Lipinski definition) is 4. The molecule has 3 N–H and O–H groups in total. The Bertz CT molecular complexity index is 393. The monoisotopic (exact) mass is 212 g/mol. The fourth-order valence-corrected chi connectivity index (χ4v) is 2.78. The summed E-state index contributed by atoms with van der Waals surface area (Å²) in [5.74, 6) is -0.260. The number of rotatable bonds is 2. The normalized spacial score (nSPS) is 27.6. The molecule has 6 nitrogen and oxygen atoms in total. The van der Waals surface area contributed by atoms with Crippen molar-refractivity contribution < 1.29 is 16.8 Å². The van der Waals surface area contributed by atoms with Crippen molar-refractivity contribution in [1.29, 1.82) is 0 Å². The van der Waals surface area contributed by atoms with Crippen LogP contribution in [0.4, 0.5) is 0 Å². The Hall–Kier alpha value is -0.440. The van der Waals surface area contributed by atoms with Gasteiger partial charge in [-0.05, 0) is 0 Å². The van der Waals surface area contributed by atoms with Gasteiger partial charge in [0.05, 0.1) is 11.8 Å². The highest BCUT2D eigenvalue weighted by Crippen LogP contribution is 2.07. The molecule has 1 rings (SSSR count). The molecule has 0 spiro atoms. The standard InChI is InChI=1S/C4H8N2O4S2/c5-12(9,10)6-4-1-2-11(7,8)3-4/h1-2,4,6H,3H2,(H2,5,9,10). The van der Waals surface area contributed by atoms with Crippen molar-refractivity contribution in [3.63, 3.8) is 0 Å². The molecule has 1 aliphatic heterocycles. The van der Waals surface area contributed by atoms with Crippen molar-refractivity contribution in [2.24, 2.45) is 5.14 Å². The van der Waals surface area contributed by atoms with Gasteiger partial charge in [-0.1, -0.05) is 6.08 Å². The van der Waals surface area contributed by atoms with Crippen LogP contribution in [0.1, 0.15) is 0 Å². The van der Waals surface area contributed by atoms with Crippen LogP contribution in [0, 0.1) is 0 Å². The first kappa shape index (κ1) is 9.65. The van der Waals surface area contributed by atoms with Gasteiger partial charge in [-0.15, -0.1) is 0 Å². The number of sulfone groups is 1. The van der Waals surface area contributed by atoms with Gasteiger partial charge in [-0.2, -0.15) is 13.1 Å². The van der Waals surface area contributed by atoms with Crippen LogP contribution >= 0.6 is 0 Å². The van der Waals surface area contributed by atoms with Gasteiger partial charge in [0.2, 0.25) is 0 Å².